The monoisotopic (exact) mass is 326 g/mol. The van der Waals surface area contributed by atoms with Crippen LogP contribution in [0, 0.1) is 5.82 Å². The Labute approximate surface area is 137 Å². The predicted octanol–water partition coefficient (Wildman–Crippen LogP) is 2.73. The van der Waals surface area contributed by atoms with E-state index in [4.69, 9.17) is 0 Å². The number of carbonyl (C=O) groups excluding carboxylic acids is 1. The Morgan fingerprint density at radius 3 is 2.58 bits per heavy atom. The molecule has 1 atom stereocenters. The smallest absolute Gasteiger partial charge is 0.326 e. The molecule has 1 aromatic heterocycles. The van der Waals surface area contributed by atoms with Gasteiger partial charge in [-0.05, 0) is 23.8 Å². The number of benzene rings is 2. The molecule has 0 spiro atoms. The summed E-state index contributed by atoms with van der Waals surface area (Å²) in [7, 11) is 0. The van der Waals surface area contributed by atoms with Crippen LogP contribution in [0.3, 0.4) is 0 Å². The number of hydrogen-bond acceptors (Lipinski definition) is 2. The summed E-state index contributed by atoms with van der Waals surface area (Å²) in [6.45, 7) is 0. The third-order valence-electron chi connectivity index (χ3n) is 3.82. The van der Waals surface area contributed by atoms with E-state index in [2.05, 4.69) is 10.3 Å². The normalized spacial score (nSPS) is 12.0. The van der Waals surface area contributed by atoms with Crippen LogP contribution in [0.1, 0.15) is 15.9 Å². The third kappa shape index (κ3) is 3.12. The second-order valence-electron chi connectivity index (χ2n) is 5.41. The molecule has 24 heavy (non-hydrogen) atoms. The molecule has 1 heterocycles. The molecule has 3 aromatic rings. The first-order valence-corrected chi connectivity index (χ1v) is 7.39. The molecule has 5 nitrogen and oxygen atoms in total. The van der Waals surface area contributed by atoms with Crippen LogP contribution in [0.25, 0.3) is 10.9 Å². The summed E-state index contributed by atoms with van der Waals surface area (Å²) >= 11 is 0. The average molecular weight is 326 g/mol. The molecule has 2 aromatic carbocycles. The maximum atomic E-state index is 13.7. The van der Waals surface area contributed by atoms with E-state index in [9.17, 15) is 19.1 Å². The molecule has 0 saturated carbocycles. The zero-order valence-electron chi connectivity index (χ0n) is 12.6. The molecule has 0 aliphatic rings. The van der Waals surface area contributed by atoms with Crippen molar-refractivity contribution in [2.75, 3.05) is 0 Å². The highest BCUT2D eigenvalue weighted by Crippen LogP contribution is 2.19. The molecular formula is C18H15FN2O3. The Bertz CT molecular complexity index is 904. The van der Waals surface area contributed by atoms with Gasteiger partial charge in [0.25, 0.3) is 5.91 Å². The minimum absolute atomic E-state index is 0.0968. The van der Waals surface area contributed by atoms with Crippen LogP contribution < -0.4 is 5.32 Å². The molecule has 122 valence electrons. The lowest BCUT2D eigenvalue weighted by Crippen LogP contribution is -2.42. The lowest BCUT2D eigenvalue weighted by atomic mass is 10.0. The van der Waals surface area contributed by atoms with E-state index < -0.39 is 23.7 Å². The third-order valence-corrected chi connectivity index (χ3v) is 3.82. The predicted molar refractivity (Wildman–Crippen MR) is 87.3 cm³/mol. The summed E-state index contributed by atoms with van der Waals surface area (Å²) < 4.78 is 13.7. The van der Waals surface area contributed by atoms with Gasteiger partial charge in [-0.3, -0.25) is 4.79 Å². The number of aromatic amines is 1. The van der Waals surface area contributed by atoms with Gasteiger partial charge >= 0.3 is 5.97 Å². The van der Waals surface area contributed by atoms with Gasteiger partial charge in [-0.2, -0.15) is 0 Å². The zero-order chi connectivity index (χ0) is 17.1. The minimum atomic E-state index is -1.18. The number of carbonyl (C=O) groups is 2. The number of carboxylic acid groups (broad SMARTS) is 1. The summed E-state index contributed by atoms with van der Waals surface area (Å²) in [6.07, 6.45) is 1.81. The Morgan fingerprint density at radius 1 is 1.12 bits per heavy atom. The van der Waals surface area contributed by atoms with Gasteiger partial charge in [-0.25, -0.2) is 9.18 Å². The Balaban J connectivity index is 1.82. The topological polar surface area (TPSA) is 82.2 Å². The van der Waals surface area contributed by atoms with Crippen molar-refractivity contribution in [3.05, 3.63) is 71.7 Å². The molecular weight excluding hydrogens is 311 g/mol. The van der Waals surface area contributed by atoms with Crippen molar-refractivity contribution < 1.29 is 19.1 Å². The second-order valence-corrected chi connectivity index (χ2v) is 5.41. The zero-order valence-corrected chi connectivity index (χ0v) is 12.6. The van der Waals surface area contributed by atoms with E-state index in [-0.39, 0.29) is 12.0 Å². The fraction of sp³-hybridized carbons (Fsp3) is 0.111. The minimum Gasteiger partial charge on any atom is -0.480 e. The summed E-state index contributed by atoms with van der Waals surface area (Å²) in [5.74, 6) is -2.61. The summed E-state index contributed by atoms with van der Waals surface area (Å²) in [5, 5.41) is 12.7. The van der Waals surface area contributed by atoms with Gasteiger partial charge in [0, 0.05) is 23.5 Å². The van der Waals surface area contributed by atoms with Gasteiger partial charge in [0.05, 0.1) is 5.56 Å². The Hall–Kier alpha value is -3.15. The van der Waals surface area contributed by atoms with Crippen LogP contribution in [0.4, 0.5) is 4.39 Å². The van der Waals surface area contributed by atoms with Gasteiger partial charge in [0.2, 0.25) is 0 Å². The fourth-order valence-electron chi connectivity index (χ4n) is 2.60. The average Bonchev–Trinajstić information content (AvgIpc) is 2.97. The lowest BCUT2D eigenvalue weighted by molar-refractivity contribution is -0.139. The van der Waals surface area contributed by atoms with E-state index in [0.717, 1.165) is 22.5 Å². The molecule has 3 rings (SSSR count). The maximum Gasteiger partial charge on any atom is 0.326 e. The lowest BCUT2D eigenvalue weighted by Gasteiger charge is -2.14. The standard InChI is InChI=1S/C18H15FN2O3/c19-14-7-3-1-6-13(14)17(22)21-16(18(23)24)9-11-10-20-15-8-4-2-5-12(11)15/h1-8,10,16,20H,9H2,(H,21,22)(H,23,24)/t16-/m1/s1. The Kier molecular flexibility index (Phi) is 4.29. The summed E-state index contributed by atoms with van der Waals surface area (Å²) in [5.41, 5.74) is 1.48. The van der Waals surface area contributed by atoms with Crippen LogP contribution in [-0.4, -0.2) is 28.0 Å². The number of rotatable bonds is 5. The van der Waals surface area contributed by atoms with Crippen molar-refractivity contribution in [2.24, 2.45) is 0 Å². The number of para-hydroxylation sites is 1. The quantitative estimate of drug-likeness (QED) is 0.674. The fourth-order valence-corrected chi connectivity index (χ4v) is 2.60. The maximum absolute atomic E-state index is 13.7. The molecule has 0 aliphatic carbocycles. The van der Waals surface area contributed by atoms with Gasteiger partial charge in [-0.1, -0.05) is 30.3 Å². The number of hydrogen-bond donors (Lipinski definition) is 3. The van der Waals surface area contributed by atoms with Crippen LogP contribution >= 0.6 is 0 Å². The molecule has 1 amide bonds. The number of H-pyrrole nitrogens is 1. The van der Waals surface area contributed by atoms with Crippen molar-refractivity contribution >= 4 is 22.8 Å². The highest BCUT2D eigenvalue weighted by atomic mass is 19.1. The number of aliphatic carboxylic acids is 1. The van der Waals surface area contributed by atoms with E-state index in [0.29, 0.717) is 0 Å². The highest BCUT2D eigenvalue weighted by Gasteiger charge is 2.23. The summed E-state index contributed by atoms with van der Waals surface area (Å²) in [4.78, 5) is 26.7. The molecule has 0 unspecified atom stereocenters. The number of aromatic nitrogens is 1. The number of carboxylic acids is 1. The first-order chi connectivity index (χ1) is 11.6. The van der Waals surface area contributed by atoms with Crippen molar-refractivity contribution in [2.45, 2.75) is 12.5 Å². The van der Waals surface area contributed by atoms with E-state index in [1.807, 2.05) is 24.3 Å². The van der Waals surface area contributed by atoms with E-state index >= 15 is 0 Å². The van der Waals surface area contributed by atoms with Crippen molar-refractivity contribution in [3.8, 4) is 0 Å². The van der Waals surface area contributed by atoms with Crippen LogP contribution in [-0.2, 0) is 11.2 Å². The highest BCUT2D eigenvalue weighted by molar-refractivity contribution is 5.97. The van der Waals surface area contributed by atoms with E-state index in [1.165, 1.54) is 18.2 Å². The number of fused-ring (bicyclic) bond motifs is 1. The summed E-state index contributed by atoms with van der Waals surface area (Å²) in [6, 6.07) is 11.8. The van der Waals surface area contributed by atoms with Crippen molar-refractivity contribution in [1.82, 2.24) is 10.3 Å². The number of nitrogens with one attached hydrogen (secondary N) is 2. The van der Waals surface area contributed by atoms with Crippen molar-refractivity contribution in [1.29, 1.82) is 0 Å². The first-order valence-electron chi connectivity index (χ1n) is 7.39. The SMILES string of the molecule is O=C(N[C@H](Cc1c[nH]c2ccccc12)C(=O)O)c1ccccc1F. The Morgan fingerprint density at radius 2 is 1.83 bits per heavy atom. The molecule has 0 bridgehead atoms. The molecule has 0 radical (unpaired) electrons. The first kappa shape index (κ1) is 15.7. The second kappa shape index (κ2) is 6.54. The van der Waals surface area contributed by atoms with Crippen LogP contribution in [0.15, 0.2) is 54.7 Å². The van der Waals surface area contributed by atoms with Gasteiger partial charge in [0.1, 0.15) is 11.9 Å². The van der Waals surface area contributed by atoms with Gasteiger partial charge in [0.15, 0.2) is 0 Å². The van der Waals surface area contributed by atoms with Crippen LogP contribution in [0.5, 0.6) is 0 Å². The molecule has 0 fully saturated rings. The van der Waals surface area contributed by atoms with Gasteiger partial charge < -0.3 is 15.4 Å². The number of amides is 1. The molecule has 0 saturated heterocycles. The van der Waals surface area contributed by atoms with E-state index in [1.54, 1.807) is 6.20 Å². The molecule has 6 heteroatoms. The largest absolute Gasteiger partial charge is 0.480 e. The van der Waals surface area contributed by atoms with Crippen LogP contribution in [0.2, 0.25) is 0 Å². The molecule has 0 aliphatic heterocycles. The van der Waals surface area contributed by atoms with Crippen molar-refractivity contribution in [3.63, 3.8) is 0 Å². The van der Waals surface area contributed by atoms with Gasteiger partial charge in [-0.15, -0.1) is 0 Å². The molecule has 3 N–H and O–H groups in total. The number of halogens is 1.